The fourth-order valence-electron chi connectivity index (χ4n) is 1.44. The van der Waals surface area contributed by atoms with Gasteiger partial charge < -0.3 is 0 Å². The molecule has 1 aromatic heterocycles. The molecule has 1 aromatic carbocycles. The predicted octanol–water partition coefficient (Wildman–Crippen LogP) is 3.12. The quantitative estimate of drug-likeness (QED) is 0.815. The van der Waals surface area contributed by atoms with Crippen LogP contribution in [0.15, 0.2) is 36.7 Å². The van der Waals surface area contributed by atoms with Crippen LogP contribution in [0.5, 0.6) is 0 Å². The van der Waals surface area contributed by atoms with Gasteiger partial charge in [-0.05, 0) is 17.7 Å². The van der Waals surface area contributed by atoms with E-state index in [9.17, 15) is 0 Å². The number of nitriles is 1. The third kappa shape index (κ3) is 2.41. The lowest BCUT2D eigenvalue weighted by atomic mass is 10.1. The average Bonchev–Trinajstić information content (AvgIpc) is 2.76. The smallest absolute Gasteiger partial charge is 0.0641 e. The molecule has 0 aliphatic heterocycles. The van der Waals surface area contributed by atoms with Crippen LogP contribution in [-0.2, 0) is 6.54 Å². The van der Waals surface area contributed by atoms with Gasteiger partial charge in [-0.15, -0.1) is 0 Å². The first-order valence-electron chi connectivity index (χ1n) is 4.95. The Morgan fingerprint density at radius 1 is 1.25 bits per heavy atom. The fourth-order valence-corrected chi connectivity index (χ4v) is 1.57. The standard InChI is InChI=1S/C12H10ClN3/c13-12-4-2-10(3-5-12)11-8-15-16(9-11)7-1-6-14/h2-5,8-9H,1,7H2. The second kappa shape index (κ2) is 4.82. The van der Waals surface area contributed by atoms with Gasteiger partial charge in [0.05, 0.1) is 25.2 Å². The summed E-state index contributed by atoms with van der Waals surface area (Å²) in [6.45, 7) is 0.629. The fraction of sp³-hybridized carbons (Fsp3) is 0.167. The Morgan fingerprint density at radius 2 is 2.00 bits per heavy atom. The van der Waals surface area contributed by atoms with Crippen LogP contribution in [0.2, 0.25) is 5.02 Å². The Labute approximate surface area is 98.9 Å². The largest absolute Gasteiger partial charge is 0.271 e. The van der Waals surface area contributed by atoms with E-state index in [0.717, 1.165) is 16.1 Å². The second-order valence-corrected chi connectivity index (χ2v) is 3.84. The summed E-state index contributed by atoms with van der Waals surface area (Å²) in [5, 5.41) is 13.4. The SMILES string of the molecule is N#CCCn1cc(-c2ccc(Cl)cc2)cn1. The average molecular weight is 232 g/mol. The molecular weight excluding hydrogens is 222 g/mol. The molecule has 1 heterocycles. The zero-order chi connectivity index (χ0) is 11.4. The molecular formula is C12H10ClN3. The molecule has 0 saturated carbocycles. The van der Waals surface area contributed by atoms with Gasteiger partial charge in [-0.25, -0.2) is 0 Å². The zero-order valence-corrected chi connectivity index (χ0v) is 9.35. The van der Waals surface area contributed by atoms with E-state index in [2.05, 4.69) is 11.2 Å². The highest BCUT2D eigenvalue weighted by Gasteiger charge is 2.01. The number of halogens is 1. The maximum absolute atomic E-state index is 8.48. The van der Waals surface area contributed by atoms with E-state index in [-0.39, 0.29) is 0 Å². The molecule has 0 amide bonds. The van der Waals surface area contributed by atoms with E-state index in [1.165, 1.54) is 0 Å². The lowest BCUT2D eigenvalue weighted by Crippen LogP contribution is -1.96. The van der Waals surface area contributed by atoms with Gasteiger partial charge in [0.2, 0.25) is 0 Å². The minimum atomic E-state index is 0.474. The molecule has 0 fully saturated rings. The maximum atomic E-state index is 8.48. The number of rotatable bonds is 3. The Balaban J connectivity index is 2.18. The number of benzene rings is 1. The lowest BCUT2D eigenvalue weighted by molar-refractivity contribution is 0.628. The molecule has 0 spiro atoms. The Morgan fingerprint density at radius 3 is 2.69 bits per heavy atom. The van der Waals surface area contributed by atoms with Gasteiger partial charge in [0, 0.05) is 16.8 Å². The minimum absolute atomic E-state index is 0.474. The molecule has 0 radical (unpaired) electrons. The number of nitrogens with zero attached hydrogens (tertiary/aromatic N) is 3. The van der Waals surface area contributed by atoms with E-state index in [0.29, 0.717) is 13.0 Å². The second-order valence-electron chi connectivity index (χ2n) is 3.41. The van der Waals surface area contributed by atoms with Crippen molar-refractivity contribution in [2.24, 2.45) is 0 Å². The highest BCUT2D eigenvalue weighted by Crippen LogP contribution is 2.20. The van der Waals surface area contributed by atoms with E-state index in [1.807, 2.05) is 30.5 Å². The third-order valence-corrected chi connectivity index (χ3v) is 2.52. The summed E-state index contributed by atoms with van der Waals surface area (Å²) >= 11 is 5.82. The molecule has 0 saturated heterocycles. The first kappa shape index (κ1) is 10.7. The van der Waals surface area contributed by atoms with Crippen LogP contribution in [-0.4, -0.2) is 9.78 Å². The van der Waals surface area contributed by atoms with Crippen LogP contribution in [0.1, 0.15) is 6.42 Å². The van der Waals surface area contributed by atoms with E-state index in [4.69, 9.17) is 16.9 Å². The highest BCUT2D eigenvalue weighted by atomic mass is 35.5. The first-order chi connectivity index (χ1) is 7.79. The lowest BCUT2D eigenvalue weighted by Gasteiger charge is -1.97. The zero-order valence-electron chi connectivity index (χ0n) is 8.60. The third-order valence-electron chi connectivity index (χ3n) is 2.26. The van der Waals surface area contributed by atoms with Crippen LogP contribution in [0.4, 0.5) is 0 Å². The molecule has 2 aromatic rings. The topological polar surface area (TPSA) is 41.6 Å². The van der Waals surface area contributed by atoms with Gasteiger partial charge in [0.25, 0.3) is 0 Å². The molecule has 3 nitrogen and oxygen atoms in total. The van der Waals surface area contributed by atoms with Crippen molar-refractivity contribution < 1.29 is 0 Å². The van der Waals surface area contributed by atoms with E-state index < -0.39 is 0 Å². The number of hydrogen-bond donors (Lipinski definition) is 0. The van der Waals surface area contributed by atoms with Gasteiger partial charge >= 0.3 is 0 Å². The van der Waals surface area contributed by atoms with Gasteiger partial charge in [0.1, 0.15) is 0 Å². The van der Waals surface area contributed by atoms with Crippen molar-refractivity contribution in [1.29, 1.82) is 5.26 Å². The maximum Gasteiger partial charge on any atom is 0.0641 e. The normalized spacial score (nSPS) is 10.0. The van der Waals surface area contributed by atoms with Gasteiger partial charge in [-0.2, -0.15) is 10.4 Å². The van der Waals surface area contributed by atoms with Crippen molar-refractivity contribution in [3.63, 3.8) is 0 Å². The summed E-state index contributed by atoms with van der Waals surface area (Å²) in [4.78, 5) is 0. The molecule has 80 valence electrons. The van der Waals surface area contributed by atoms with Crippen LogP contribution in [0.25, 0.3) is 11.1 Å². The van der Waals surface area contributed by atoms with Gasteiger partial charge in [-0.3, -0.25) is 4.68 Å². The molecule has 0 N–H and O–H groups in total. The summed E-state index contributed by atoms with van der Waals surface area (Å²) in [5.41, 5.74) is 2.11. The summed E-state index contributed by atoms with van der Waals surface area (Å²) in [7, 11) is 0. The van der Waals surface area contributed by atoms with Crippen LogP contribution in [0, 0.1) is 11.3 Å². The molecule has 0 bridgehead atoms. The van der Waals surface area contributed by atoms with Crippen molar-refractivity contribution >= 4 is 11.6 Å². The van der Waals surface area contributed by atoms with Crippen molar-refractivity contribution in [3.8, 4) is 17.2 Å². The van der Waals surface area contributed by atoms with Crippen molar-refractivity contribution in [2.45, 2.75) is 13.0 Å². The Kier molecular flexibility index (Phi) is 3.23. The van der Waals surface area contributed by atoms with E-state index in [1.54, 1.807) is 10.9 Å². The monoisotopic (exact) mass is 231 g/mol. The number of aryl methyl sites for hydroxylation is 1. The van der Waals surface area contributed by atoms with Crippen LogP contribution >= 0.6 is 11.6 Å². The Hall–Kier alpha value is -1.79. The molecule has 0 atom stereocenters. The summed E-state index contributed by atoms with van der Waals surface area (Å²) < 4.78 is 1.77. The molecule has 2 rings (SSSR count). The van der Waals surface area contributed by atoms with E-state index >= 15 is 0 Å². The first-order valence-corrected chi connectivity index (χ1v) is 5.33. The van der Waals surface area contributed by atoms with Crippen LogP contribution < -0.4 is 0 Å². The summed E-state index contributed by atoms with van der Waals surface area (Å²) in [6, 6.07) is 9.70. The molecule has 0 unspecified atom stereocenters. The number of aromatic nitrogens is 2. The van der Waals surface area contributed by atoms with Gasteiger partial charge in [-0.1, -0.05) is 23.7 Å². The molecule has 0 aliphatic carbocycles. The van der Waals surface area contributed by atoms with Crippen molar-refractivity contribution in [1.82, 2.24) is 9.78 Å². The minimum Gasteiger partial charge on any atom is -0.271 e. The van der Waals surface area contributed by atoms with Crippen LogP contribution in [0.3, 0.4) is 0 Å². The summed E-state index contributed by atoms with van der Waals surface area (Å²) in [5.74, 6) is 0. The number of hydrogen-bond acceptors (Lipinski definition) is 2. The van der Waals surface area contributed by atoms with Crippen molar-refractivity contribution in [3.05, 3.63) is 41.7 Å². The highest BCUT2D eigenvalue weighted by molar-refractivity contribution is 6.30. The summed E-state index contributed by atoms with van der Waals surface area (Å²) in [6.07, 6.45) is 4.20. The molecule has 0 aliphatic rings. The molecule has 4 heteroatoms. The molecule has 16 heavy (non-hydrogen) atoms. The van der Waals surface area contributed by atoms with Crippen molar-refractivity contribution in [2.75, 3.05) is 0 Å². The Bertz CT molecular complexity index is 508. The van der Waals surface area contributed by atoms with Gasteiger partial charge in [0.15, 0.2) is 0 Å². The predicted molar refractivity (Wildman–Crippen MR) is 62.9 cm³/mol.